The fraction of sp³-hybridized carbons (Fsp3) is 0.581. The van der Waals surface area contributed by atoms with Gasteiger partial charge in [-0.2, -0.15) is 0 Å². The van der Waals surface area contributed by atoms with E-state index in [4.69, 9.17) is 0 Å². The number of aliphatic carboxylic acids is 1. The number of carboxylic acid groups (broad SMARTS) is 1. The Morgan fingerprint density at radius 2 is 1.68 bits per heavy atom. The van der Waals surface area contributed by atoms with Crippen molar-refractivity contribution in [2.24, 2.45) is 24.3 Å². The van der Waals surface area contributed by atoms with Gasteiger partial charge in [-0.15, -0.1) is 0 Å². The van der Waals surface area contributed by atoms with Crippen molar-refractivity contribution in [1.29, 1.82) is 0 Å². The summed E-state index contributed by atoms with van der Waals surface area (Å²) in [5, 5.41) is 13.6. The molecule has 2 rings (SSSR count). The first-order chi connectivity index (χ1) is 17.4. The van der Waals surface area contributed by atoms with Crippen LogP contribution >= 0.6 is 0 Å². The van der Waals surface area contributed by atoms with E-state index in [-0.39, 0.29) is 29.2 Å². The third-order valence-electron chi connectivity index (χ3n) is 7.82. The molecule has 0 aliphatic rings. The smallest absolute Gasteiger partial charge is 0.331 e. The SMILES string of the molecule is CC[C@H](C(=O)N[C@H](C(=O)N(C)[C@H](/C=C(\C)C(=O)O)C(C)C)C(C)(C)C)C(C)(C)c1cn(C)c2ccccc12. The summed E-state index contributed by atoms with van der Waals surface area (Å²) in [7, 11) is 3.69. The summed E-state index contributed by atoms with van der Waals surface area (Å²) in [5.41, 5.74) is 1.35. The van der Waals surface area contributed by atoms with Crippen LogP contribution in [-0.2, 0) is 26.8 Å². The van der Waals surface area contributed by atoms with Gasteiger partial charge in [0.2, 0.25) is 11.8 Å². The van der Waals surface area contributed by atoms with E-state index in [2.05, 4.69) is 42.1 Å². The van der Waals surface area contributed by atoms with Gasteiger partial charge in [-0.25, -0.2) is 4.79 Å². The van der Waals surface area contributed by atoms with E-state index in [1.54, 1.807) is 18.0 Å². The second-order valence-electron chi connectivity index (χ2n) is 12.5. The normalized spacial score (nSPS) is 15.3. The van der Waals surface area contributed by atoms with E-state index in [9.17, 15) is 19.5 Å². The standard InChI is InChI=1S/C31H47N3O4/c1-12-22(31(8,9)23-18-33(10)24-16-14-13-15-21(23)24)27(35)32-26(30(5,6)7)28(36)34(11)25(19(2)3)17-20(4)29(37)38/h13-19,22,25-26H,12H2,1-11H3,(H,32,35)(H,37,38)/b20-17+/t22-,25-,26-/m1/s1. The number of aromatic nitrogens is 1. The number of hydrogen-bond acceptors (Lipinski definition) is 3. The van der Waals surface area contributed by atoms with Crippen molar-refractivity contribution in [3.63, 3.8) is 0 Å². The third kappa shape index (κ3) is 6.48. The van der Waals surface area contributed by atoms with Crippen molar-refractivity contribution in [3.05, 3.63) is 47.7 Å². The highest BCUT2D eigenvalue weighted by Gasteiger charge is 2.42. The first kappa shape index (κ1) is 31.1. The lowest BCUT2D eigenvalue weighted by molar-refractivity contribution is -0.141. The molecule has 7 nitrogen and oxygen atoms in total. The molecule has 0 radical (unpaired) electrons. The molecule has 0 saturated heterocycles. The number of para-hydroxylation sites is 1. The molecule has 2 aromatic rings. The molecule has 0 aliphatic carbocycles. The molecule has 3 atom stereocenters. The Kier molecular flexibility index (Phi) is 9.62. The number of nitrogens with one attached hydrogen (secondary N) is 1. The van der Waals surface area contributed by atoms with Crippen molar-refractivity contribution < 1.29 is 19.5 Å². The molecule has 2 N–H and O–H groups in total. The molecule has 1 aromatic carbocycles. The summed E-state index contributed by atoms with van der Waals surface area (Å²) in [6, 6.07) is 6.99. The minimum Gasteiger partial charge on any atom is -0.478 e. The number of hydrogen-bond donors (Lipinski definition) is 2. The largest absolute Gasteiger partial charge is 0.478 e. The van der Waals surface area contributed by atoms with Gasteiger partial charge in [0.1, 0.15) is 6.04 Å². The van der Waals surface area contributed by atoms with Gasteiger partial charge in [0.05, 0.1) is 6.04 Å². The van der Waals surface area contributed by atoms with Crippen LogP contribution in [0.3, 0.4) is 0 Å². The monoisotopic (exact) mass is 525 g/mol. The molecule has 7 heteroatoms. The summed E-state index contributed by atoms with van der Waals surface area (Å²) < 4.78 is 2.09. The fourth-order valence-corrected chi connectivity index (χ4v) is 5.39. The van der Waals surface area contributed by atoms with Crippen molar-refractivity contribution in [1.82, 2.24) is 14.8 Å². The zero-order valence-electron chi connectivity index (χ0n) is 25.0. The predicted molar refractivity (Wildman–Crippen MR) is 154 cm³/mol. The van der Waals surface area contributed by atoms with E-state index in [0.717, 1.165) is 16.5 Å². The highest BCUT2D eigenvalue weighted by molar-refractivity contribution is 5.91. The molecular weight excluding hydrogens is 478 g/mol. The van der Waals surface area contributed by atoms with Crippen LogP contribution in [0.25, 0.3) is 10.9 Å². The molecule has 1 heterocycles. The van der Waals surface area contributed by atoms with E-state index < -0.39 is 28.9 Å². The summed E-state index contributed by atoms with van der Waals surface area (Å²) >= 11 is 0. The van der Waals surface area contributed by atoms with Crippen LogP contribution in [0.4, 0.5) is 0 Å². The molecule has 2 amide bonds. The molecular formula is C31H47N3O4. The number of likely N-dealkylation sites (N-methyl/N-ethyl adjacent to an activating group) is 1. The fourth-order valence-electron chi connectivity index (χ4n) is 5.39. The number of aryl methyl sites for hydroxylation is 1. The number of carbonyl (C=O) groups is 3. The number of nitrogens with zero attached hydrogens (tertiary/aromatic N) is 2. The van der Waals surface area contributed by atoms with E-state index in [0.29, 0.717) is 6.42 Å². The quantitative estimate of drug-likeness (QED) is 0.399. The van der Waals surface area contributed by atoms with Crippen LogP contribution in [0.1, 0.15) is 74.3 Å². The predicted octanol–water partition coefficient (Wildman–Crippen LogP) is 5.53. The number of fused-ring (bicyclic) bond motifs is 1. The van der Waals surface area contributed by atoms with Gasteiger partial charge in [0.15, 0.2) is 0 Å². The van der Waals surface area contributed by atoms with Crippen LogP contribution in [0.2, 0.25) is 0 Å². The Morgan fingerprint density at radius 3 is 2.18 bits per heavy atom. The Bertz CT molecular complexity index is 1200. The molecule has 1 aromatic heterocycles. The minimum atomic E-state index is -1.02. The number of rotatable bonds is 10. The van der Waals surface area contributed by atoms with Gasteiger partial charge in [-0.1, -0.05) is 79.7 Å². The van der Waals surface area contributed by atoms with Crippen LogP contribution < -0.4 is 5.32 Å². The summed E-state index contributed by atoms with van der Waals surface area (Å²) in [5.74, 6) is -1.80. The number of carbonyl (C=O) groups excluding carboxylic acids is 2. The molecule has 210 valence electrons. The maximum absolute atomic E-state index is 13.9. The lowest BCUT2D eigenvalue weighted by atomic mass is 9.71. The Morgan fingerprint density at radius 1 is 1.11 bits per heavy atom. The van der Waals surface area contributed by atoms with Crippen LogP contribution in [0.15, 0.2) is 42.1 Å². The lowest BCUT2D eigenvalue weighted by Gasteiger charge is -2.39. The topological polar surface area (TPSA) is 91.6 Å². The van der Waals surface area contributed by atoms with Crippen LogP contribution in [0, 0.1) is 17.3 Å². The Labute approximate surface area is 228 Å². The third-order valence-corrected chi connectivity index (χ3v) is 7.82. The average Bonchev–Trinajstić information content (AvgIpc) is 3.16. The van der Waals surface area contributed by atoms with Gasteiger partial charge in [0.25, 0.3) is 0 Å². The van der Waals surface area contributed by atoms with E-state index in [1.165, 1.54) is 6.92 Å². The van der Waals surface area contributed by atoms with Crippen LogP contribution in [-0.4, -0.2) is 51.5 Å². The Hall–Kier alpha value is -3.09. The lowest BCUT2D eigenvalue weighted by Crippen LogP contribution is -2.58. The number of carboxylic acids is 1. The van der Waals surface area contributed by atoms with Crippen molar-refractivity contribution >= 4 is 28.7 Å². The first-order valence-corrected chi connectivity index (χ1v) is 13.5. The molecule has 0 fully saturated rings. The van der Waals surface area contributed by atoms with Crippen molar-refractivity contribution in [2.45, 2.75) is 86.2 Å². The van der Waals surface area contributed by atoms with Gasteiger partial charge in [-0.3, -0.25) is 9.59 Å². The molecule has 0 spiro atoms. The summed E-state index contributed by atoms with van der Waals surface area (Å²) in [4.78, 5) is 40.8. The van der Waals surface area contributed by atoms with Crippen molar-refractivity contribution in [2.75, 3.05) is 7.05 Å². The second-order valence-corrected chi connectivity index (χ2v) is 12.5. The molecule has 38 heavy (non-hydrogen) atoms. The average molecular weight is 526 g/mol. The maximum atomic E-state index is 13.9. The van der Waals surface area contributed by atoms with Gasteiger partial charge < -0.3 is 19.9 Å². The van der Waals surface area contributed by atoms with E-state index >= 15 is 0 Å². The zero-order chi connectivity index (χ0) is 29.2. The van der Waals surface area contributed by atoms with Crippen molar-refractivity contribution in [3.8, 4) is 0 Å². The second kappa shape index (κ2) is 11.7. The summed E-state index contributed by atoms with van der Waals surface area (Å²) in [6.07, 6.45) is 4.33. The van der Waals surface area contributed by atoms with Gasteiger partial charge in [-0.05, 0) is 36.3 Å². The number of amides is 2. The maximum Gasteiger partial charge on any atom is 0.331 e. The van der Waals surface area contributed by atoms with Gasteiger partial charge in [0, 0.05) is 48.1 Å². The first-order valence-electron chi connectivity index (χ1n) is 13.5. The Balaban J connectivity index is 2.43. The minimum absolute atomic E-state index is 0.0109. The highest BCUT2D eigenvalue weighted by Crippen LogP contribution is 2.39. The molecule has 0 saturated carbocycles. The molecule has 0 unspecified atom stereocenters. The number of benzene rings is 1. The molecule has 0 bridgehead atoms. The zero-order valence-corrected chi connectivity index (χ0v) is 25.0. The van der Waals surface area contributed by atoms with Crippen LogP contribution in [0.5, 0.6) is 0 Å². The molecule has 0 aliphatic heterocycles. The van der Waals surface area contributed by atoms with E-state index in [1.807, 2.05) is 60.7 Å². The van der Waals surface area contributed by atoms with Gasteiger partial charge >= 0.3 is 5.97 Å². The summed E-state index contributed by atoms with van der Waals surface area (Å²) in [6.45, 7) is 17.4. The highest BCUT2D eigenvalue weighted by atomic mass is 16.4.